The molecule has 98 valence electrons. The molecule has 0 spiro atoms. The van der Waals surface area contributed by atoms with Crippen LogP contribution >= 0.6 is 23.7 Å². The van der Waals surface area contributed by atoms with Crippen molar-refractivity contribution in [3.05, 3.63) is 11.1 Å². The Morgan fingerprint density at radius 3 is 2.76 bits per heavy atom. The number of nitrogens with two attached hydrogens (primary N) is 1. The van der Waals surface area contributed by atoms with Gasteiger partial charge >= 0.3 is 0 Å². The molecule has 3 atom stereocenters. The van der Waals surface area contributed by atoms with Gasteiger partial charge in [0.25, 0.3) is 0 Å². The van der Waals surface area contributed by atoms with Crippen molar-refractivity contribution in [2.45, 2.75) is 39.8 Å². The number of anilines is 1. The molecule has 1 fully saturated rings. The molecule has 2 heterocycles. The molecule has 0 aliphatic carbocycles. The number of piperidine rings is 1. The zero-order chi connectivity index (χ0) is 11.7. The zero-order valence-electron chi connectivity index (χ0n) is 10.7. The van der Waals surface area contributed by atoms with Crippen molar-refractivity contribution < 1.29 is 0 Å². The van der Waals surface area contributed by atoms with E-state index in [9.17, 15) is 0 Å². The molecule has 3 unspecified atom stereocenters. The van der Waals surface area contributed by atoms with Gasteiger partial charge in [-0.2, -0.15) is 0 Å². The lowest BCUT2D eigenvalue weighted by Crippen LogP contribution is -2.44. The van der Waals surface area contributed by atoms with Crippen molar-refractivity contribution in [1.82, 2.24) is 9.88 Å². The number of hydrogen-bond acceptors (Lipinski definition) is 4. The van der Waals surface area contributed by atoms with Crippen LogP contribution in [0, 0.1) is 11.8 Å². The number of hydrogen-bond donors (Lipinski definition) is 1. The van der Waals surface area contributed by atoms with Crippen LogP contribution in [0.15, 0.2) is 6.20 Å². The minimum absolute atomic E-state index is 0. The van der Waals surface area contributed by atoms with Gasteiger partial charge in [0.2, 0.25) is 0 Å². The van der Waals surface area contributed by atoms with E-state index in [-0.39, 0.29) is 12.4 Å². The molecule has 1 aromatic heterocycles. The fraction of sp³-hybridized carbons (Fsp3) is 0.750. The predicted molar refractivity (Wildman–Crippen MR) is 76.6 cm³/mol. The number of likely N-dealkylation sites (tertiary alicyclic amines) is 1. The highest BCUT2D eigenvalue weighted by Gasteiger charge is 2.28. The fourth-order valence-corrected chi connectivity index (χ4v) is 3.35. The van der Waals surface area contributed by atoms with Gasteiger partial charge in [-0.05, 0) is 25.2 Å². The van der Waals surface area contributed by atoms with Gasteiger partial charge in [-0.1, -0.05) is 13.8 Å². The lowest BCUT2D eigenvalue weighted by Gasteiger charge is -2.40. The molecule has 1 aliphatic rings. The van der Waals surface area contributed by atoms with Crippen LogP contribution in [0.2, 0.25) is 0 Å². The SMILES string of the molecule is CC1CC(C)C(C)N(Cc2cnc(N)s2)C1.Cl. The average Bonchev–Trinajstić information content (AvgIpc) is 2.60. The molecule has 1 aliphatic heterocycles. The zero-order valence-corrected chi connectivity index (χ0v) is 12.4. The summed E-state index contributed by atoms with van der Waals surface area (Å²) in [6.45, 7) is 9.24. The highest BCUT2D eigenvalue weighted by Crippen LogP contribution is 2.29. The predicted octanol–water partition coefficient (Wildman–Crippen LogP) is 3.01. The first-order valence-corrected chi connectivity index (χ1v) is 6.82. The number of rotatable bonds is 2. The minimum atomic E-state index is 0. The number of halogens is 1. The molecule has 2 N–H and O–H groups in total. The van der Waals surface area contributed by atoms with Gasteiger partial charge in [0.1, 0.15) is 0 Å². The Morgan fingerprint density at radius 1 is 1.47 bits per heavy atom. The van der Waals surface area contributed by atoms with Gasteiger partial charge in [-0.25, -0.2) is 4.98 Å². The summed E-state index contributed by atoms with van der Waals surface area (Å²) in [5.74, 6) is 1.59. The first-order chi connectivity index (χ1) is 7.56. The molecule has 1 saturated heterocycles. The van der Waals surface area contributed by atoms with Crippen molar-refractivity contribution in [1.29, 1.82) is 0 Å². The molecule has 0 bridgehead atoms. The highest BCUT2D eigenvalue weighted by atomic mass is 35.5. The van der Waals surface area contributed by atoms with Gasteiger partial charge in [0, 0.05) is 30.2 Å². The quantitative estimate of drug-likeness (QED) is 0.902. The second-order valence-corrected chi connectivity index (χ2v) is 6.30. The lowest BCUT2D eigenvalue weighted by molar-refractivity contribution is 0.0738. The number of aromatic nitrogens is 1. The molecule has 5 heteroatoms. The molecule has 17 heavy (non-hydrogen) atoms. The normalized spacial score (nSPS) is 29.9. The van der Waals surface area contributed by atoms with E-state index in [0.717, 1.165) is 18.4 Å². The van der Waals surface area contributed by atoms with E-state index in [1.807, 2.05) is 6.20 Å². The summed E-state index contributed by atoms with van der Waals surface area (Å²) in [7, 11) is 0. The first kappa shape index (κ1) is 14.7. The maximum absolute atomic E-state index is 5.66. The summed E-state index contributed by atoms with van der Waals surface area (Å²) in [6, 6.07) is 0.666. The second-order valence-electron chi connectivity index (χ2n) is 5.15. The van der Waals surface area contributed by atoms with Crippen LogP contribution in [0.4, 0.5) is 5.13 Å². The van der Waals surface area contributed by atoms with Crippen molar-refractivity contribution in [2.24, 2.45) is 11.8 Å². The monoisotopic (exact) mass is 275 g/mol. The molecule has 3 nitrogen and oxygen atoms in total. The maximum atomic E-state index is 5.66. The molecule has 0 aromatic carbocycles. The number of nitrogen functional groups attached to an aromatic ring is 1. The van der Waals surface area contributed by atoms with E-state index >= 15 is 0 Å². The van der Waals surface area contributed by atoms with E-state index in [1.165, 1.54) is 17.8 Å². The first-order valence-electron chi connectivity index (χ1n) is 6.00. The summed E-state index contributed by atoms with van der Waals surface area (Å²) >= 11 is 1.61. The summed E-state index contributed by atoms with van der Waals surface area (Å²) < 4.78 is 0. The van der Waals surface area contributed by atoms with Crippen LogP contribution < -0.4 is 5.73 Å². The van der Waals surface area contributed by atoms with Crippen LogP contribution in [0.1, 0.15) is 32.1 Å². The number of nitrogens with zero attached hydrogens (tertiary/aromatic N) is 2. The third-order valence-corrected chi connectivity index (χ3v) is 4.46. The van der Waals surface area contributed by atoms with E-state index in [4.69, 9.17) is 5.73 Å². The Kier molecular flexibility index (Phi) is 5.22. The molecule has 0 amide bonds. The molecule has 2 rings (SSSR count). The van der Waals surface area contributed by atoms with Crippen molar-refractivity contribution in [2.75, 3.05) is 12.3 Å². The Morgan fingerprint density at radius 2 is 2.18 bits per heavy atom. The summed E-state index contributed by atoms with van der Waals surface area (Å²) in [5.41, 5.74) is 5.66. The van der Waals surface area contributed by atoms with Crippen molar-refractivity contribution >= 4 is 28.9 Å². The standard InChI is InChI=1S/C12H21N3S.ClH/c1-8-4-9(2)10(3)15(6-8)7-11-5-14-12(13)16-11;/h5,8-10H,4,6-7H2,1-3H3,(H2,13,14);1H. The Hall–Kier alpha value is -0.320. The minimum Gasteiger partial charge on any atom is -0.375 e. The van der Waals surface area contributed by atoms with E-state index < -0.39 is 0 Å². The Bertz CT molecular complexity index is 355. The van der Waals surface area contributed by atoms with Crippen LogP contribution in [0.5, 0.6) is 0 Å². The van der Waals surface area contributed by atoms with Crippen molar-refractivity contribution in [3.63, 3.8) is 0 Å². The molecule has 0 saturated carbocycles. The van der Waals surface area contributed by atoms with E-state index in [2.05, 4.69) is 30.7 Å². The molecule has 0 radical (unpaired) electrons. The molecular weight excluding hydrogens is 254 g/mol. The summed E-state index contributed by atoms with van der Waals surface area (Å²) in [6.07, 6.45) is 3.26. The fourth-order valence-electron chi connectivity index (χ4n) is 2.64. The average molecular weight is 276 g/mol. The maximum Gasteiger partial charge on any atom is 0.180 e. The van der Waals surface area contributed by atoms with Crippen LogP contribution in [0.25, 0.3) is 0 Å². The van der Waals surface area contributed by atoms with Gasteiger partial charge in [0.05, 0.1) is 0 Å². The van der Waals surface area contributed by atoms with Gasteiger partial charge in [-0.15, -0.1) is 23.7 Å². The van der Waals surface area contributed by atoms with E-state index in [1.54, 1.807) is 11.3 Å². The summed E-state index contributed by atoms with van der Waals surface area (Å²) in [5, 5.41) is 0.681. The largest absolute Gasteiger partial charge is 0.375 e. The topological polar surface area (TPSA) is 42.2 Å². The third kappa shape index (κ3) is 3.57. The highest BCUT2D eigenvalue weighted by molar-refractivity contribution is 7.15. The molecule has 1 aromatic rings. The van der Waals surface area contributed by atoms with E-state index in [0.29, 0.717) is 11.2 Å². The van der Waals surface area contributed by atoms with Crippen LogP contribution in [-0.4, -0.2) is 22.5 Å². The van der Waals surface area contributed by atoms with Gasteiger partial charge in [-0.3, -0.25) is 4.90 Å². The Labute approximate surface area is 114 Å². The second kappa shape index (κ2) is 6.03. The summed E-state index contributed by atoms with van der Waals surface area (Å²) in [4.78, 5) is 7.96. The smallest absolute Gasteiger partial charge is 0.180 e. The third-order valence-electron chi connectivity index (χ3n) is 3.65. The lowest BCUT2D eigenvalue weighted by atomic mass is 9.86. The van der Waals surface area contributed by atoms with Crippen molar-refractivity contribution in [3.8, 4) is 0 Å². The van der Waals surface area contributed by atoms with Gasteiger partial charge in [0.15, 0.2) is 5.13 Å². The Balaban J connectivity index is 0.00000144. The molecular formula is C12H22ClN3S. The number of thiazole rings is 1. The van der Waals surface area contributed by atoms with Gasteiger partial charge < -0.3 is 5.73 Å². The van der Waals surface area contributed by atoms with Crippen LogP contribution in [0.3, 0.4) is 0 Å². The van der Waals surface area contributed by atoms with Crippen LogP contribution in [-0.2, 0) is 6.54 Å².